The quantitative estimate of drug-likeness (QED) is 0.281. The van der Waals surface area contributed by atoms with E-state index >= 15 is 0 Å². The topological polar surface area (TPSA) is 74.3 Å². The Labute approximate surface area is 165 Å². The van der Waals surface area contributed by atoms with E-state index in [1.54, 1.807) is 0 Å². The second-order valence-electron chi connectivity index (χ2n) is 6.66. The minimum absolute atomic E-state index is 0. The molecule has 1 aromatic heterocycles. The van der Waals surface area contributed by atoms with Gasteiger partial charge in [0.05, 0.1) is 29.3 Å². The van der Waals surface area contributed by atoms with Gasteiger partial charge in [-0.05, 0) is 37.8 Å². The molecule has 2 fully saturated rings. The lowest BCUT2D eigenvalue weighted by Crippen LogP contribution is -2.47. The van der Waals surface area contributed by atoms with Gasteiger partial charge in [-0.25, -0.2) is 4.98 Å². The summed E-state index contributed by atoms with van der Waals surface area (Å²) in [6, 6.07) is 8.55. The number of fused-ring (bicyclic) bond motifs is 3. The second-order valence-corrected chi connectivity index (χ2v) is 6.66. The summed E-state index contributed by atoms with van der Waals surface area (Å²) in [6.45, 7) is 0.873. The number of benzene rings is 1. The van der Waals surface area contributed by atoms with Crippen LogP contribution in [0.1, 0.15) is 31.5 Å². The van der Waals surface area contributed by atoms with Crippen LogP contribution in [0.2, 0.25) is 0 Å². The molecule has 0 spiro atoms. The number of nitrogens with zero attached hydrogens (tertiary/aromatic N) is 2. The van der Waals surface area contributed by atoms with Crippen molar-refractivity contribution in [3.8, 4) is 0 Å². The molecule has 6 nitrogen and oxygen atoms in total. The molecule has 0 amide bonds. The minimum atomic E-state index is 0. The van der Waals surface area contributed by atoms with E-state index in [0.29, 0.717) is 18.2 Å². The van der Waals surface area contributed by atoms with Gasteiger partial charge in [0, 0.05) is 20.0 Å². The van der Waals surface area contributed by atoms with Crippen molar-refractivity contribution in [2.24, 2.45) is 4.99 Å². The van der Waals surface area contributed by atoms with Crippen molar-refractivity contribution in [3.63, 3.8) is 0 Å². The molecule has 1 aromatic carbocycles. The highest BCUT2D eigenvalue weighted by Gasteiger charge is 2.41. The Morgan fingerprint density at radius 1 is 1.36 bits per heavy atom. The molecule has 0 radical (unpaired) electrons. The van der Waals surface area contributed by atoms with Crippen molar-refractivity contribution in [2.75, 3.05) is 13.6 Å². The van der Waals surface area contributed by atoms with Crippen molar-refractivity contribution in [1.82, 2.24) is 20.6 Å². The summed E-state index contributed by atoms with van der Waals surface area (Å²) in [6.07, 6.45) is 6.24. The number of aromatic nitrogens is 2. The number of aliphatic imine (C=N–C) groups is 1. The van der Waals surface area contributed by atoms with Crippen molar-refractivity contribution in [1.29, 1.82) is 0 Å². The average Bonchev–Trinajstić information content (AvgIpc) is 3.31. The smallest absolute Gasteiger partial charge is 0.191 e. The summed E-state index contributed by atoms with van der Waals surface area (Å²) in [5.41, 5.74) is 2.14. The fraction of sp³-hybridized carbons (Fsp3) is 0.556. The molecule has 2 aliphatic rings. The number of aryl methyl sites for hydroxylation is 1. The molecule has 0 aliphatic carbocycles. The lowest BCUT2D eigenvalue weighted by molar-refractivity contribution is 0.0992. The summed E-state index contributed by atoms with van der Waals surface area (Å²) in [5, 5.41) is 6.91. The van der Waals surface area contributed by atoms with Crippen LogP contribution in [0.25, 0.3) is 11.0 Å². The lowest BCUT2D eigenvalue weighted by atomic mass is 9.96. The number of imidazole rings is 1. The zero-order valence-electron chi connectivity index (χ0n) is 14.5. The molecular formula is C18H26IN5O. The number of halogens is 1. The zero-order valence-corrected chi connectivity index (χ0v) is 16.8. The van der Waals surface area contributed by atoms with Crippen LogP contribution >= 0.6 is 24.0 Å². The van der Waals surface area contributed by atoms with Crippen LogP contribution in [0.5, 0.6) is 0 Å². The molecule has 3 N–H and O–H groups in total. The first kappa shape index (κ1) is 18.4. The van der Waals surface area contributed by atoms with E-state index in [2.05, 4.69) is 31.7 Å². The van der Waals surface area contributed by atoms with Gasteiger partial charge >= 0.3 is 0 Å². The summed E-state index contributed by atoms with van der Waals surface area (Å²) in [4.78, 5) is 12.3. The molecule has 3 heterocycles. The van der Waals surface area contributed by atoms with E-state index in [-0.39, 0.29) is 24.0 Å². The van der Waals surface area contributed by atoms with E-state index in [9.17, 15) is 0 Å². The van der Waals surface area contributed by atoms with E-state index in [1.807, 2.05) is 25.2 Å². The summed E-state index contributed by atoms with van der Waals surface area (Å²) in [5.74, 6) is 1.92. The van der Waals surface area contributed by atoms with Gasteiger partial charge in [0.1, 0.15) is 5.82 Å². The predicted molar refractivity (Wildman–Crippen MR) is 111 cm³/mol. The highest BCUT2D eigenvalue weighted by molar-refractivity contribution is 14.0. The number of guanidine groups is 1. The molecule has 25 heavy (non-hydrogen) atoms. The summed E-state index contributed by atoms with van der Waals surface area (Å²) >= 11 is 0. The van der Waals surface area contributed by atoms with Gasteiger partial charge in [-0.3, -0.25) is 4.99 Å². The Bertz CT molecular complexity index is 698. The molecule has 136 valence electrons. The number of hydrogen-bond acceptors (Lipinski definition) is 3. The first-order valence-electron chi connectivity index (χ1n) is 8.88. The number of hydrogen-bond donors (Lipinski definition) is 3. The molecule has 3 atom stereocenters. The molecule has 2 aromatic rings. The first-order valence-corrected chi connectivity index (χ1v) is 8.88. The predicted octanol–water partition coefficient (Wildman–Crippen LogP) is 2.60. The maximum Gasteiger partial charge on any atom is 0.191 e. The van der Waals surface area contributed by atoms with Gasteiger partial charge in [-0.15, -0.1) is 24.0 Å². The molecule has 4 rings (SSSR count). The van der Waals surface area contributed by atoms with E-state index < -0.39 is 0 Å². The van der Waals surface area contributed by atoms with Crippen LogP contribution < -0.4 is 10.6 Å². The Hall–Kier alpha value is -1.35. The van der Waals surface area contributed by atoms with Crippen molar-refractivity contribution < 1.29 is 4.74 Å². The zero-order chi connectivity index (χ0) is 16.4. The van der Waals surface area contributed by atoms with Crippen LogP contribution in [0.3, 0.4) is 0 Å². The van der Waals surface area contributed by atoms with Gasteiger partial charge in [0.25, 0.3) is 0 Å². The third kappa shape index (κ3) is 4.25. The minimum Gasteiger partial charge on any atom is -0.373 e. The Kier molecular flexibility index (Phi) is 6.16. The largest absolute Gasteiger partial charge is 0.373 e. The second kappa shape index (κ2) is 8.35. The van der Waals surface area contributed by atoms with Crippen LogP contribution in [-0.4, -0.2) is 47.8 Å². The molecule has 0 saturated carbocycles. The number of rotatable bonds is 5. The van der Waals surface area contributed by atoms with Gasteiger partial charge in [-0.2, -0.15) is 0 Å². The SMILES string of the molecule is CN=C(NCCCc1nc2ccccc2[nH]1)NC1CC2CCC1O2.I. The van der Waals surface area contributed by atoms with Crippen LogP contribution in [0.15, 0.2) is 29.3 Å². The van der Waals surface area contributed by atoms with E-state index in [0.717, 1.165) is 48.6 Å². The fourth-order valence-electron chi connectivity index (χ4n) is 3.75. The van der Waals surface area contributed by atoms with Gasteiger partial charge < -0.3 is 20.4 Å². The Morgan fingerprint density at radius 3 is 2.96 bits per heavy atom. The van der Waals surface area contributed by atoms with Crippen molar-refractivity contribution in [3.05, 3.63) is 30.1 Å². The standard InChI is InChI=1S/C18H25N5O.HI/c1-19-18(23-15-11-12-8-9-16(15)24-12)20-10-4-7-17-21-13-5-2-3-6-14(13)22-17;/h2-3,5-6,12,15-16H,4,7-11H2,1H3,(H,21,22)(H2,19,20,23);1H. The molecule has 2 saturated heterocycles. The van der Waals surface area contributed by atoms with E-state index in [4.69, 9.17) is 4.74 Å². The van der Waals surface area contributed by atoms with Gasteiger partial charge in [0.15, 0.2) is 5.96 Å². The van der Waals surface area contributed by atoms with Gasteiger partial charge in [-0.1, -0.05) is 12.1 Å². The van der Waals surface area contributed by atoms with Crippen molar-refractivity contribution in [2.45, 2.75) is 50.4 Å². The highest BCUT2D eigenvalue weighted by Crippen LogP contribution is 2.34. The van der Waals surface area contributed by atoms with Crippen LogP contribution in [0, 0.1) is 0 Å². The third-order valence-electron chi connectivity index (χ3n) is 4.97. The fourth-order valence-corrected chi connectivity index (χ4v) is 3.75. The molecule has 2 bridgehead atoms. The number of nitrogens with one attached hydrogen (secondary N) is 3. The molecule has 7 heteroatoms. The molecule has 3 unspecified atom stereocenters. The first-order chi connectivity index (χ1) is 11.8. The highest BCUT2D eigenvalue weighted by atomic mass is 127. The average molecular weight is 455 g/mol. The number of H-pyrrole nitrogens is 1. The van der Waals surface area contributed by atoms with Crippen molar-refractivity contribution >= 4 is 41.0 Å². The normalized spacial score (nSPS) is 25.2. The Morgan fingerprint density at radius 2 is 2.24 bits per heavy atom. The van der Waals surface area contributed by atoms with Crippen LogP contribution in [-0.2, 0) is 11.2 Å². The van der Waals surface area contributed by atoms with E-state index in [1.165, 1.54) is 12.8 Å². The monoisotopic (exact) mass is 455 g/mol. The summed E-state index contributed by atoms with van der Waals surface area (Å²) in [7, 11) is 1.82. The maximum absolute atomic E-state index is 5.88. The molecule has 2 aliphatic heterocycles. The number of aromatic amines is 1. The van der Waals surface area contributed by atoms with Crippen LogP contribution in [0.4, 0.5) is 0 Å². The lowest BCUT2D eigenvalue weighted by Gasteiger charge is -2.22. The summed E-state index contributed by atoms with van der Waals surface area (Å²) < 4.78 is 5.88. The maximum atomic E-state index is 5.88. The number of ether oxygens (including phenoxy) is 1. The number of para-hydroxylation sites is 2. The van der Waals surface area contributed by atoms with Gasteiger partial charge in [0.2, 0.25) is 0 Å². The molecular weight excluding hydrogens is 429 g/mol. The Balaban J connectivity index is 0.00000182. The third-order valence-corrected chi connectivity index (χ3v) is 4.97.